The maximum absolute atomic E-state index is 12.1. The fraction of sp³-hybridized carbons (Fsp3) is 0.750. The first-order valence-electron chi connectivity index (χ1n) is 9.55. The van der Waals surface area contributed by atoms with E-state index in [4.69, 9.17) is 5.11 Å². The van der Waals surface area contributed by atoms with E-state index in [2.05, 4.69) is 6.92 Å². The number of unbranched alkanes of at least 4 members (excludes halogenated alkanes) is 3. The van der Waals surface area contributed by atoms with Crippen molar-refractivity contribution >= 4 is 17.5 Å². The van der Waals surface area contributed by atoms with Gasteiger partial charge in [-0.3, -0.25) is 14.4 Å². The molecule has 2 unspecified atom stereocenters. The Morgan fingerprint density at radius 1 is 1.12 bits per heavy atom. The zero-order valence-corrected chi connectivity index (χ0v) is 15.3. The Morgan fingerprint density at radius 2 is 1.88 bits per heavy atom. The SMILES string of the molecule is CCCCCC(=O)CC[C@H]1C(=O)CC(O)C1C/C=C/CCCC(=O)O. The molecule has 0 heterocycles. The van der Waals surface area contributed by atoms with Crippen LogP contribution in [-0.2, 0) is 14.4 Å². The number of allylic oxidation sites excluding steroid dienone is 2. The van der Waals surface area contributed by atoms with Gasteiger partial charge in [-0.05, 0) is 38.0 Å². The van der Waals surface area contributed by atoms with Crippen LogP contribution >= 0.6 is 0 Å². The maximum atomic E-state index is 12.1. The molecule has 0 bridgehead atoms. The number of ketones is 2. The van der Waals surface area contributed by atoms with E-state index in [1.807, 2.05) is 12.2 Å². The summed E-state index contributed by atoms with van der Waals surface area (Å²) in [6, 6.07) is 0. The van der Waals surface area contributed by atoms with E-state index in [-0.39, 0.29) is 36.2 Å². The Labute approximate surface area is 150 Å². The molecule has 0 aromatic rings. The fourth-order valence-electron chi connectivity index (χ4n) is 3.47. The summed E-state index contributed by atoms with van der Waals surface area (Å²) < 4.78 is 0. The number of carboxylic acid groups (broad SMARTS) is 1. The number of aliphatic hydroxyl groups is 1. The number of hydrogen-bond donors (Lipinski definition) is 2. The van der Waals surface area contributed by atoms with E-state index in [0.717, 1.165) is 19.3 Å². The largest absolute Gasteiger partial charge is 0.481 e. The Bertz CT molecular complexity index is 469. The molecule has 0 aliphatic heterocycles. The van der Waals surface area contributed by atoms with Crippen LogP contribution in [0.2, 0.25) is 0 Å². The van der Waals surface area contributed by atoms with Crippen LogP contribution in [0.15, 0.2) is 12.2 Å². The lowest BCUT2D eigenvalue weighted by Crippen LogP contribution is -2.21. The Hall–Kier alpha value is -1.49. The van der Waals surface area contributed by atoms with Crippen LogP contribution in [0.25, 0.3) is 0 Å². The van der Waals surface area contributed by atoms with Crippen molar-refractivity contribution < 1.29 is 24.6 Å². The van der Waals surface area contributed by atoms with Crippen molar-refractivity contribution in [1.29, 1.82) is 0 Å². The molecule has 2 N–H and O–H groups in total. The number of rotatable bonds is 13. The highest BCUT2D eigenvalue weighted by molar-refractivity contribution is 5.85. The van der Waals surface area contributed by atoms with Crippen LogP contribution in [0.4, 0.5) is 0 Å². The molecule has 0 saturated heterocycles. The predicted octanol–water partition coefficient (Wildman–Crippen LogP) is 3.68. The first kappa shape index (κ1) is 21.6. The third-order valence-electron chi connectivity index (χ3n) is 4.96. The Balaban J connectivity index is 2.39. The van der Waals surface area contributed by atoms with Gasteiger partial charge in [0.2, 0.25) is 0 Å². The molecule has 1 rings (SSSR count). The van der Waals surface area contributed by atoms with Crippen molar-refractivity contribution in [2.75, 3.05) is 0 Å². The Kier molecular flexibility index (Phi) is 10.3. The maximum Gasteiger partial charge on any atom is 0.303 e. The minimum atomic E-state index is -0.797. The molecule has 1 saturated carbocycles. The molecule has 1 aliphatic carbocycles. The van der Waals surface area contributed by atoms with Crippen molar-refractivity contribution in [3.8, 4) is 0 Å². The van der Waals surface area contributed by atoms with E-state index in [1.54, 1.807) is 0 Å². The van der Waals surface area contributed by atoms with Gasteiger partial charge < -0.3 is 10.2 Å². The first-order valence-corrected chi connectivity index (χ1v) is 9.55. The number of aliphatic hydroxyl groups excluding tert-OH is 1. The average Bonchev–Trinajstić information content (AvgIpc) is 2.82. The van der Waals surface area contributed by atoms with Gasteiger partial charge in [-0.15, -0.1) is 0 Å². The molecule has 5 heteroatoms. The molecule has 5 nitrogen and oxygen atoms in total. The van der Waals surface area contributed by atoms with Crippen molar-refractivity contribution in [1.82, 2.24) is 0 Å². The number of Topliss-reactive ketones (excluding diaryl/α,β-unsaturated/α-hetero) is 2. The van der Waals surface area contributed by atoms with E-state index in [0.29, 0.717) is 38.5 Å². The zero-order chi connectivity index (χ0) is 18.7. The summed E-state index contributed by atoms with van der Waals surface area (Å²) in [5.41, 5.74) is 0. The monoisotopic (exact) mass is 352 g/mol. The molecule has 0 aromatic heterocycles. The first-order chi connectivity index (χ1) is 12.0. The minimum absolute atomic E-state index is 0.0677. The van der Waals surface area contributed by atoms with Gasteiger partial charge >= 0.3 is 5.97 Å². The summed E-state index contributed by atoms with van der Waals surface area (Å²) in [6.07, 6.45) is 10.1. The summed E-state index contributed by atoms with van der Waals surface area (Å²) in [7, 11) is 0. The average molecular weight is 352 g/mol. The summed E-state index contributed by atoms with van der Waals surface area (Å²) in [6.45, 7) is 2.10. The third-order valence-corrected chi connectivity index (χ3v) is 4.96. The van der Waals surface area contributed by atoms with Crippen LogP contribution in [0.1, 0.15) is 77.6 Å². The second kappa shape index (κ2) is 12.0. The van der Waals surface area contributed by atoms with Gasteiger partial charge in [0.05, 0.1) is 6.10 Å². The third kappa shape index (κ3) is 8.43. The number of hydrogen-bond acceptors (Lipinski definition) is 4. The van der Waals surface area contributed by atoms with Gasteiger partial charge in [0, 0.05) is 31.6 Å². The highest BCUT2D eigenvalue weighted by Gasteiger charge is 2.40. The van der Waals surface area contributed by atoms with Gasteiger partial charge in [0.25, 0.3) is 0 Å². The number of aliphatic carboxylic acids is 1. The molecule has 0 radical (unpaired) electrons. The molecule has 0 amide bonds. The molecule has 1 aliphatic rings. The number of carbonyl (C=O) groups is 3. The van der Waals surface area contributed by atoms with Crippen LogP contribution < -0.4 is 0 Å². The second-order valence-corrected chi connectivity index (χ2v) is 7.04. The van der Waals surface area contributed by atoms with Gasteiger partial charge in [-0.25, -0.2) is 0 Å². The standard InChI is InChI=1S/C20H32O5/c1-2-3-6-9-15(21)12-13-17-16(18(22)14-19(17)23)10-7-4-5-8-11-20(24)25/h4,7,16-18,22H,2-3,5-6,8-14H2,1H3,(H,24,25)/b7-4+/t16?,17-,18?/m1/s1. The van der Waals surface area contributed by atoms with E-state index < -0.39 is 12.1 Å². The van der Waals surface area contributed by atoms with Gasteiger partial charge in [0.15, 0.2) is 0 Å². The minimum Gasteiger partial charge on any atom is -0.481 e. The van der Waals surface area contributed by atoms with Crippen LogP contribution in [-0.4, -0.2) is 33.9 Å². The summed E-state index contributed by atoms with van der Waals surface area (Å²) >= 11 is 0. The highest BCUT2D eigenvalue weighted by Crippen LogP contribution is 2.35. The molecule has 142 valence electrons. The quantitative estimate of drug-likeness (QED) is 0.390. The molecule has 25 heavy (non-hydrogen) atoms. The molecule has 0 spiro atoms. The highest BCUT2D eigenvalue weighted by atomic mass is 16.4. The number of carboxylic acids is 1. The van der Waals surface area contributed by atoms with Gasteiger partial charge in [-0.1, -0.05) is 31.9 Å². The smallest absolute Gasteiger partial charge is 0.303 e. The van der Waals surface area contributed by atoms with Crippen molar-refractivity contribution in [3.05, 3.63) is 12.2 Å². The summed E-state index contributed by atoms with van der Waals surface area (Å²) in [5, 5.41) is 18.7. The van der Waals surface area contributed by atoms with Gasteiger partial charge in [-0.2, -0.15) is 0 Å². The second-order valence-electron chi connectivity index (χ2n) is 7.04. The van der Waals surface area contributed by atoms with E-state index in [1.165, 1.54) is 0 Å². The van der Waals surface area contributed by atoms with Crippen molar-refractivity contribution in [2.24, 2.45) is 11.8 Å². The molecular weight excluding hydrogens is 320 g/mol. The number of carbonyl (C=O) groups excluding carboxylic acids is 2. The van der Waals surface area contributed by atoms with Crippen molar-refractivity contribution in [2.45, 2.75) is 83.7 Å². The van der Waals surface area contributed by atoms with Crippen LogP contribution in [0.3, 0.4) is 0 Å². The molecule has 1 fully saturated rings. The lowest BCUT2D eigenvalue weighted by Gasteiger charge is -2.19. The lowest BCUT2D eigenvalue weighted by atomic mass is 9.86. The van der Waals surface area contributed by atoms with Crippen LogP contribution in [0, 0.1) is 11.8 Å². The van der Waals surface area contributed by atoms with Gasteiger partial charge in [0.1, 0.15) is 11.6 Å². The van der Waals surface area contributed by atoms with E-state index in [9.17, 15) is 19.5 Å². The molecular formula is C20H32O5. The topological polar surface area (TPSA) is 91.7 Å². The zero-order valence-electron chi connectivity index (χ0n) is 15.3. The molecule has 3 atom stereocenters. The summed E-state index contributed by atoms with van der Waals surface area (Å²) in [5.74, 6) is -0.863. The van der Waals surface area contributed by atoms with Crippen LogP contribution in [0.5, 0.6) is 0 Å². The summed E-state index contributed by atoms with van der Waals surface area (Å²) in [4.78, 5) is 34.5. The molecule has 0 aromatic carbocycles. The lowest BCUT2D eigenvalue weighted by molar-refractivity contribution is -0.137. The Morgan fingerprint density at radius 3 is 2.56 bits per heavy atom. The van der Waals surface area contributed by atoms with Crippen molar-refractivity contribution in [3.63, 3.8) is 0 Å². The van der Waals surface area contributed by atoms with E-state index >= 15 is 0 Å². The normalized spacial score (nSPS) is 23.4. The predicted molar refractivity (Wildman–Crippen MR) is 96.2 cm³/mol. The fourth-order valence-corrected chi connectivity index (χ4v) is 3.47.